The quantitative estimate of drug-likeness (QED) is 0.600. The van der Waals surface area contributed by atoms with Gasteiger partial charge < -0.3 is 19.3 Å². The molecule has 0 saturated heterocycles. The Balaban J connectivity index is 3.88. The SMILES string of the molecule is CCC(C)C(CC)OC(C)COC(C)COC(C)CO. The van der Waals surface area contributed by atoms with E-state index < -0.39 is 0 Å². The molecule has 0 saturated carbocycles. The fourth-order valence-corrected chi connectivity index (χ4v) is 1.93. The molecule has 122 valence electrons. The Labute approximate surface area is 124 Å². The molecule has 0 aliphatic carbocycles. The van der Waals surface area contributed by atoms with Crippen LogP contribution in [-0.2, 0) is 14.2 Å². The summed E-state index contributed by atoms with van der Waals surface area (Å²) in [6.45, 7) is 13.6. The predicted octanol–water partition coefficient (Wildman–Crippen LogP) is 3.02. The molecule has 0 rings (SSSR count). The Morgan fingerprint density at radius 3 is 1.85 bits per heavy atom. The van der Waals surface area contributed by atoms with Crippen molar-refractivity contribution >= 4 is 0 Å². The number of ether oxygens (including phenoxy) is 3. The molecule has 0 fully saturated rings. The smallest absolute Gasteiger partial charge is 0.0784 e. The largest absolute Gasteiger partial charge is 0.394 e. The summed E-state index contributed by atoms with van der Waals surface area (Å²) >= 11 is 0. The summed E-state index contributed by atoms with van der Waals surface area (Å²) in [4.78, 5) is 0. The van der Waals surface area contributed by atoms with Crippen molar-refractivity contribution in [2.75, 3.05) is 19.8 Å². The zero-order chi connectivity index (χ0) is 15.5. The van der Waals surface area contributed by atoms with E-state index in [2.05, 4.69) is 27.7 Å². The molecular weight excluding hydrogens is 256 g/mol. The summed E-state index contributed by atoms with van der Waals surface area (Å²) in [7, 11) is 0. The van der Waals surface area contributed by atoms with Crippen molar-refractivity contribution in [3.63, 3.8) is 0 Å². The third-order valence-corrected chi connectivity index (χ3v) is 3.58. The second-order valence-electron chi connectivity index (χ2n) is 5.75. The molecule has 5 unspecified atom stereocenters. The number of aliphatic hydroxyl groups is 1. The van der Waals surface area contributed by atoms with E-state index >= 15 is 0 Å². The molecule has 5 atom stereocenters. The first-order valence-corrected chi connectivity index (χ1v) is 7.93. The van der Waals surface area contributed by atoms with Gasteiger partial charge in [0, 0.05) is 0 Å². The first-order valence-electron chi connectivity index (χ1n) is 7.93. The Bertz CT molecular complexity index is 223. The average molecular weight is 290 g/mol. The summed E-state index contributed by atoms with van der Waals surface area (Å²) in [5.74, 6) is 0.577. The van der Waals surface area contributed by atoms with Gasteiger partial charge in [-0.05, 0) is 33.1 Å². The van der Waals surface area contributed by atoms with Crippen LogP contribution in [0.5, 0.6) is 0 Å². The van der Waals surface area contributed by atoms with Crippen LogP contribution in [0.15, 0.2) is 0 Å². The highest BCUT2D eigenvalue weighted by Gasteiger charge is 2.18. The maximum atomic E-state index is 8.88. The Morgan fingerprint density at radius 2 is 1.35 bits per heavy atom. The molecule has 0 aromatic heterocycles. The molecule has 1 N–H and O–H groups in total. The maximum Gasteiger partial charge on any atom is 0.0784 e. The zero-order valence-corrected chi connectivity index (χ0v) is 14.1. The van der Waals surface area contributed by atoms with Crippen molar-refractivity contribution in [3.05, 3.63) is 0 Å². The molecule has 0 aliphatic heterocycles. The highest BCUT2D eigenvalue weighted by molar-refractivity contribution is 4.65. The predicted molar refractivity (Wildman–Crippen MR) is 82.0 cm³/mol. The van der Waals surface area contributed by atoms with Crippen LogP contribution in [0.2, 0.25) is 0 Å². The minimum Gasteiger partial charge on any atom is -0.394 e. The first-order chi connectivity index (χ1) is 9.44. The van der Waals surface area contributed by atoms with Crippen molar-refractivity contribution in [1.29, 1.82) is 0 Å². The normalized spacial score (nSPS) is 19.4. The second kappa shape index (κ2) is 11.5. The van der Waals surface area contributed by atoms with Gasteiger partial charge in [-0.15, -0.1) is 0 Å². The van der Waals surface area contributed by atoms with E-state index in [9.17, 15) is 0 Å². The molecule has 0 aromatic carbocycles. The van der Waals surface area contributed by atoms with E-state index in [1.165, 1.54) is 0 Å². The number of aliphatic hydroxyl groups excluding tert-OH is 1. The fourth-order valence-electron chi connectivity index (χ4n) is 1.93. The zero-order valence-electron chi connectivity index (χ0n) is 14.1. The van der Waals surface area contributed by atoms with Gasteiger partial charge in [0.15, 0.2) is 0 Å². The van der Waals surface area contributed by atoms with E-state index in [4.69, 9.17) is 19.3 Å². The average Bonchev–Trinajstić information content (AvgIpc) is 2.46. The first kappa shape index (κ1) is 19.8. The molecule has 0 bridgehead atoms. The topological polar surface area (TPSA) is 47.9 Å². The van der Waals surface area contributed by atoms with E-state index in [0.717, 1.165) is 12.8 Å². The summed E-state index contributed by atoms with van der Waals surface area (Å²) in [5.41, 5.74) is 0. The van der Waals surface area contributed by atoms with Gasteiger partial charge in [0.2, 0.25) is 0 Å². The molecule has 0 heterocycles. The monoisotopic (exact) mass is 290 g/mol. The van der Waals surface area contributed by atoms with Crippen LogP contribution < -0.4 is 0 Å². The van der Waals surface area contributed by atoms with Crippen LogP contribution in [0.25, 0.3) is 0 Å². The molecule has 0 radical (unpaired) electrons. The third-order valence-electron chi connectivity index (χ3n) is 3.58. The van der Waals surface area contributed by atoms with E-state index in [1.54, 1.807) is 0 Å². The molecule has 4 heteroatoms. The van der Waals surface area contributed by atoms with Crippen LogP contribution in [0.4, 0.5) is 0 Å². The minimum atomic E-state index is -0.135. The lowest BCUT2D eigenvalue weighted by molar-refractivity contribution is -0.0995. The Hall–Kier alpha value is -0.160. The lowest BCUT2D eigenvalue weighted by atomic mass is 10.00. The standard InChI is InChI=1S/C16H34O4/c1-7-12(3)16(8-2)20-15(6)11-19-14(5)10-18-13(4)9-17/h12-17H,7-11H2,1-6H3. The summed E-state index contributed by atoms with van der Waals surface area (Å²) < 4.78 is 17.2. The van der Waals surface area contributed by atoms with E-state index in [-0.39, 0.29) is 24.9 Å². The molecule has 0 amide bonds. The van der Waals surface area contributed by atoms with Gasteiger partial charge in [-0.25, -0.2) is 0 Å². The minimum absolute atomic E-state index is 0.0127. The summed E-state index contributed by atoms with van der Waals surface area (Å²) in [6, 6.07) is 0. The third kappa shape index (κ3) is 8.90. The fraction of sp³-hybridized carbons (Fsp3) is 1.00. The Kier molecular flexibility index (Phi) is 11.4. The lowest BCUT2D eigenvalue weighted by Gasteiger charge is -2.27. The highest BCUT2D eigenvalue weighted by Crippen LogP contribution is 2.16. The van der Waals surface area contributed by atoms with Crippen LogP contribution in [0.1, 0.15) is 54.4 Å². The van der Waals surface area contributed by atoms with Crippen molar-refractivity contribution < 1.29 is 19.3 Å². The van der Waals surface area contributed by atoms with Crippen molar-refractivity contribution in [1.82, 2.24) is 0 Å². The summed E-state index contributed by atoms with van der Waals surface area (Å²) in [6.07, 6.45) is 2.44. The lowest BCUT2D eigenvalue weighted by Crippen LogP contribution is -2.30. The van der Waals surface area contributed by atoms with Gasteiger partial charge in [0.1, 0.15) is 0 Å². The molecule has 0 spiro atoms. The van der Waals surface area contributed by atoms with Gasteiger partial charge >= 0.3 is 0 Å². The van der Waals surface area contributed by atoms with Crippen LogP contribution in [0, 0.1) is 5.92 Å². The van der Waals surface area contributed by atoms with Crippen molar-refractivity contribution in [3.8, 4) is 0 Å². The van der Waals surface area contributed by atoms with Crippen molar-refractivity contribution in [2.24, 2.45) is 5.92 Å². The second-order valence-corrected chi connectivity index (χ2v) is 5.75. The van der Waals surface area contributed by atoms with Gasteiger partial charge in [-0.2, -0.15) is 0 Å². The van der Waals surface area contributed by atoms with E-state index in [0.29, 0.717) is 25.2 Å². The van der Waals surface area contributed by atoms with E-state index in [1.807, 2.05) is 13.8 Å². The Morgan fingerprint density at radius 1 is 0.800 bits per heavy atom. The number of hydrogen-bond donors (Lipinski definition) is 1. The molecular formula is C16H34O4. The molecule has 0 aliphatic rings. The summed E-state index contributed by atoms with van der Waals surface area (Å²) in [5, 5.41) is 8.88. The number of rotatable bonds is 12. The van der Waals surface area contributed by atoms with Crippen LogP contribution >= 0.6 is 0 Å². The van der Waals surface area contributed by atoms with Gasteiger partial charge in [0.25, 0.3) is 0 Å². The van der Waals surface area contributed by atoms with Crippen LogP contribution in [0.3, 0.4) is 0 Å². The maximum absolute atomic E-state index is 8.88. The van der Waals surface area contributed by atoms with Crippen LogP contribution in [-0.4, -0.2) is 49.3 Å². The molecule has 20 heavy (non-hydrogen) atoms. The molecule has 0 aromatic rings. The highest BCUT2D eigenvalue weighted by atomic mass is 16.6. The van der Waals surface area contributed by atoms with Gasteiger partial charge in [-0.1, -0.05) is 27.2 Å². The van der Waals surface area contributed by atoms with Gasteiger partial charge in [0.05, 0.1) is 44.2 Å². The molecule has 4 nitrogen and oxygen atoms in total. The van der Waals surface area contributed by atoms with Crippen molar-refractivity contribution in [2.45, 2.75) is 78.8 Å². The van der Waals surface area contributed by atoms with Gasteiger partial charge in [-0.3, -0.25) is 0 Å². The number of hydrogen-bond acceptors (Lipinski definition) is 4.